The third-order valence-electron chi connectivity index (χ3n) is 4.96. The standard InChI is InChI=1S/C24H16BrClN2O6S/c1-33-20-10-15(11-22-23(29)27(24(30)35-22)17-7-5-16(26)6-8-17)19(25)12-21(20)34-13-14-3-2-4-18(9-14)28(31)32/h2-12H,13H2,1H3/b22-11+. The number of imide groups is 1. The summed E-state index contributed by atoms with van der Waals surface area (Å²) in [7, 11) is 1.47. The Hall–Kier alpha value is -3.34. The van der Waals surface area contributed by atoms with Gasteiger partial charge in [0.25, 0.3) is 16.8 Å². The second-order valence-corrected chi connectivity index (χ2v) is 9.52. The number of nitrogens with zero attached hydrogens (tertiary/aromatic N) is 2. The molecule has 0 aliphatic carbocycles. The Morgan fingerprint density at radius 1 is 1.11 bits per heavy atom. The highest BCUT2D eigenvalue weighted by atomic mass is 79.9. The summed E-state index contributed by atoms with van der Waals surface area (Å²) < 4.78 is 11.9. The van der Waals surface area contributed by atoms with Crippen LogP contribution in [0.15, 0.2) is 70.0 Å². The van der Waals surface area contributed by atoms with Gasteiger partial charge in [0.1, 0.15) is 6.61 Å². The zero-order chi connectivity index (χ0) is 25.1. The number of hydrogen-bond acceptors (Lipinski definition) is 7. The molecule has 3 aromatic rings. The van der Waals surface area contributed by atoms with E-state index in [1.807, 2.05) is 0 Å². The van der Waals surface area contributed by atoms with Crippen molar-refractivity contribution in [2.75, 3.05) is 12.0 Å². The van der Waals surface area contributed by atoms with Crippen LogP contribution in [0.4, 0.5) is 16.2 Å². The third kappa shape index (κ3) is 5.50. The second kappa shape index (κ2) is 10.5. The molecule has 0 atom stereocenters. The molecule has 0 unspecified atom stereocenters. The molecule has 1 saturated heterocycles. The number of halogens is 2. The Bertz CT molecular complexity index is 1360. The van der Waals surface area contributed by atoms with Gasteiger partial charge in [0.2, 0.25) is 0 Å². The molecular weight excluding hydrogens is 560 g/mol. The van der Waals surface area contributed by atoms with Gasteiger partial charge in [-0.1, -0.05) is 39.7 Å². The predicted molar refractivity (Wildman–Crippen MR) is 138 cm³/mol. The van der Waals surface area contributed by atoms with Gasteiger partial charge in [0.05, 0.1) is 22.6 Å². The van der Waals surface area contributed by atoms with Crippen LogP contribution in [0.2, 0.25) is 5.02 Å². The fourth-order valence-electron chi connectivity index (χ4n) is 3.28. The Morgan fingerprint density at radius 2 is 1.86 bits per heavy atom. The summed E-state index contributed by atoms with van der Waals surface area (Å²) in [6.07, 6.45) is 1.59. The number of non-ortho nitro benzene ring substituents is 1. The van der Waals surface area contributed by atoms with Gasteiger partial charge < -0.3 is 9.47 Å². The van der Waals surface area contributed by atoms with E-state index < -0.39 is 16.1 Å². The minimum Gasteiger partial charge on any atom is -0.493 e. The number of rotatable bonds is 7. The van der Waals surface area contributed by atoms with E-state index in [1.54, 1.807) is 54.6 Å². The zero-order valence-electron chi connectivity index (χ0n) is 18.1. The SMILES string of the molecule is COc1cc(/C=C2/SC(=O)N(c3ccc(Cl)cc3)C2=O)c(Br)cc1OCc1cccc([N+](=O)[O-])c1. The summed E-state index contributed by atoms with van der Waals surface area (Å²) in [6.45, 7) is 0.0871. The van der Waals surface area contributed by atoms with Crippen LogP contribution in [0, 0.1) is 10.1 Å². The van der Waals surface area contributed by atoms with E-state index in [0.717, 1.165) is 16.7 Å². The lowest BCUT2D eigenvalue weighted by Crippen LogP contribution is -2.27. The van der Waals surface area contributed by atoms with Gasteiger partial charge in [-0.2, -0.15) is 0 Å². The summed E-state index contributed by atoms with van der Waals surface area (Å²) in [5, 5.41) is 11.1. The van der Waals surface area contributed by atoms with Crippen molar-refractivity contribution in [2.45, 2.75) is 6.61 Å². The normalized spacial score (nSPS) is 14.5. The summed E-state index contributed by atoms with van der Waals surface area (Å²) in [4.78, 5) is 37.3. The quantitative estimate of drug-likeness (QED) is 0.173. The van der Waals surface area contributed by atoms with Crippen molar-refractivity contribution in [3.8, 4) is 11.5 Å². The number of amides is 2. The van der Waals surface area contributed by atoms with Gasteiger partial charge in [-0.05, 0) is 65.4 Å². The average Bonchev–Trinajstić information content (AvgIpc) is 3.12. The first kappa shape index (κ1) is 24.8. The van der Waals surface area contributed by atoms with Crippen LogP contribution in [-0.4, -0.2) is 23.2 Å². The lowest BCUT2D eigenvalue weighted by atomic mass is 10.1. The van der Waals surface area contributed by atoms with Crippen LogP contribution in [0.1, 0.15) is 11.1 Å². The van der Waals surface area contributed by atoms with Crippen molar-refractivity contribution in [3.05, 3.63) is 96.3 Å². The maximum absolute atomic E-state index is 12.9. The first-order valence-corrected chi connectivity index (χ1v) is 12.0. The fraction of sp³-hybridized carbons (Fsp3) is 0.0833. The van der Waals surface area contributed by atoms with Gasteiger partial charge in [-0.15, -0.1) is 0 Å². The van der Waals surface area contributed by atoms with Crippen molar-refractivity contribution in [3.63, 3.8) is 0 Å². The lowest BCUT2D eigenvalue weighted by Gasteiger charge is -2.13. The third-order valence-corrected chi connectivity index (χ3v) is 6.77. The molecule has 1 heterocycles. The second-order valence-electron chi connectivity index (χ2n) is 7.23. The van der Waals surface area contributed by atoms with E-state index in [9.17, 15) is 19.7 Å². The molecule has 0 radical (unpaired) electrons. The largest absolute Gasteiger partial charge is 0.493 e. The molecule has 0 N–H and O–H groups in total. The molecule has 1 aliphatic heterocycles. The summed E-state index contributed by atoms with van der Waals surface area (Å²) >= 11 is 10.2. The molecule has 0 saturated carbocycles. The monoisotopic (exact) mass is 574 g/mol. The van der Waals surface area contributed by atoms with Crippen LogP contribution >= 0.6 is 39.3 Å². The molecule has 1 aliphatic rings. The molecule has 1 fully saturated rings. The number of nitro groups is 1. The average molecular weight is 576 g/mol. The van der Waals surface area contributed by atoms with Crippen molar-refractivity contribution in [1.82, 2.24) is 0 Å². The van der Waals surface area contributed by atoms with E-state index in [1.165, 1.54) is 19.2 Å². The molecule has 3 aromatic carbocycles. The molecule has 35 heavy (non-hydrogen) atoms. The highest BCUT2D eigenvalue weighted by Gasteiger charge is 2.36. The number of carbonyl (C=O) groups is 2. The van der Waals surface area contributed by atoms with E-state index in [4.69, 9.17) is 21.1 Å². The van der Waals surface area contributed by atoms with Crippen LogP contribution < -0.4 is 14.4 Å². The fourth-order valence-corrected chi connectivity index (χ4v) is 4.67. The number of benzene rings is 3. The number of carbonyl (C=O) groups excluding carboxylic acids is 2. The Balaban J connectivity index is 1.57. The van der Waals surface area contributed by atoms with E-state index in [2.05, 4.69) is 15.9 Å². The van der Waals surface area contributed by atoms with Crippen molar-refractivity contribution in [1.29, 1.82) is 0 Å². The number of methoxy groups -OCH3 is 1. The van der Waals surface area contributed by atoms with Crippen LogP contribution in [0.5, 0.6) is 11.5 Å². The van der Waals surface area contributed by atoms with Crippen molar-refractivity contribution < 1.29 is 24.0 Å². The molecule has 11 heteroatoms. The van der Waals surface area contributed by atoms with Gasteiger partial charge >= 0.3 is 0 Å². The van der Waals surface area contributed by atoms with Crippen LogP contribution in [-0.2, 0) is 11.4 Å². The highest BCUT2D eigenvalue weighted by Crippen LogP contribution is 2.39. The van der Waals surface area contributed by atoms with Gasteiger partial charge in [0, 0.05) is 21.6 Å². The van der Waals surface area contributed by atoms with E-state index in [-0.39, 0.29) is 17.2 Å². The maximum Gasteiger partial charge on any atom is 0.298 e. The van der Waals surface area contributed by atoms with Crippen molar-refractivity contribution >= 4 is 67.9 Å². The minimum absolute atomic E-state index is 0.0258. The Kier molecular flexibility index (Phi) is 7.44. The van der Waals surface area contributed by atoms with E-state index in [0.29, 0.717) is 37.8 Å². The summed E-state index contributed by atoms with van der Waals surface area (Å²) in [6, 6.07) is 15.9. The number of anilines is 1. The topological polar surface area (TPSA) is 99.0 Å². The number of nitro benzene ring substituents is 1. The van der Waals surface area contributed by atoms with Crippen molar-refractivity contribution in [2.24, 2.45) is 0 Å². The van der Waals surface area contributed by atoms with E-state index >= 15 is 0 Å². The molecule has 0 aromatic heterocycles. The lowest BCUT2D eigenvalue weighted by molar-refractivity contribution is -0.384. The molecule has 0 spiro atoms. The maximum atomic E-state index is 12.9. The molecule has 8 nitrogen and oxygen atoms in total. The highest BCUT2D eigenvalue weighted by molar-refractivity contribution is 9.10. The summed E-state index contributed by atoms with van der Waals surface area (Å²) in [5.74, 6) is 0.346. The predicted octanol–water partition coefficient (Wildman–Crippen LogP) is 6.84. The molecule has 0 bridgehead atoms. The van der Waals surface area contributed by atoms with Gasteiger partial charge in [-0.3, -0.25) is 19.7 Å². The molecular formula is C24H16BrClN2O6S. The Labute approximate surface area is 217 Å². The minimum atomic E-state index is -0.468. The number of ether oxygens (including phenoxy) is 2. The van der Waals surface area contributed by atoms with Crippen LogP contribution in [0.3, 0.4) is 0 Å². The molecule has 4 rings (SSSR count). The van der Waals surface area contributed by atoms with Crippen LogP contribution in [0.25, 0.3) is 6.08 Å². The molecule has 2 amide bonds. The number of hydrogen-bond donors (Lipinski definition) is 0. The van der Waals surface area contributed by atoms with Gasteiger partial charge in [0.15, 0.2) is 11.5 Å². The molecule has 178 valence electrons. The van der Waals surface area contributed by atoms with Gasteiger partial charge in [-0.25, -0.2) is 4.90 Å². The zero-order valence-corrected chi connectivity index (χ0v) is 21.2. The smallest absolute Gasteiger partial charge is 0.298 e. The number of thioether (sulfide) groups is 1. The Morgan fingerprint density at radius 3 is 2.54 bits per heavy atom. The first-order chi connectivity index (χ1) is 16.8. The first-order valence-electron chi connectivity index (χ1n) is 10.0. The summed E-state index contributed by atoms with van der Waals surface area (Å²) in [5.41, 5.74) is 1.63.